The molecule has 0 saturated heterocycles. The van der Waals surface area contributed by atoms with Crippen molar-refractivity contribution in [2.24, 2.45) is 5.92 Å². The lowest BCUT2D eigenvalue weighted by atomic mass is 9.96. The van der Waals surface area contributed by atoms with Crippen molar-refractivity contribution in [3.63, 3.8) is 0 Å². The van der Waals surface area contributed by atoms with Gasteiger partial charge in [0.15, 0.2) is 0 Å². The van der Waals surface area contributed by atoms with Crippen molar-refractivity contribution in [3.8, 4) is 0 Å². The van der Waals surface area contributed by atoms with Gasteiger partial charge in [0.1, 0.15) is 4.90 Å². The molecule has 0 aliphatic carbocycles. The van der Waals surface area contributed by atoms with E-state index < -0.39 is 10.1 Å². The van der Waals surface area contributed by atoms with Gasteiger partial charge in [0.2, 0.25) is 0 Å². The van der Waals surface area contributed by atoms with Crippen molar-refractivity contribution in [1.82, 2.24) is 0 Å². The number of anilines is 1. The zero-order valence-corrected chi connectivity index (χ0v) is 9.21. The first-order chi connectivity index (χ1) is 6.98. The van der Waals surface area contributed by atoms with E-state index >= 15 is 0 Å². The van der Waals surface area contributed by atoms with E-state index in [0.29, 0.717) is 11.6 Å². The smallest absolute Gasteiger partial charge is 0.296 e. The monoisotopic (exact) mass is 227 g/mol. The summed E-state index contributed by atoms with van der Waals surface area (Å²) in [6.45, 7) is 2.83. The van der Waals surface area contributed by atoms with E-state index in [0.717, 1.165) is 18.5 Å². The van der Waals surface area contributed by atoms with Crippen LogP contribution in [0.3, 0.4) is 0 Å². The van der Waals surface area contributed by atoms with Gasteiger partial charge in [-0.2, -0.15) is 8.42 Å². The minimum atomic E-state index is -4.12. The van der Waals surface area contributed by atoms with Gasteiger partial charge in [0, 0.05) is 6.54 Å². The highest BCUT2D eigenvalue weighted by Crippen LogP contribution is 2.30. The molecule has 82 valence electrons. The lowest BCUT2D eigenvalue weighted by Crippen LogP contribution is -2.22. The second-order valence-corrected chi connectivity index (χ2v) is 5.35. The van der Waals surface area contributed by atoms with Crippen LogP contribution in [-0.2, 0) is 16.5 Å². The maximum Gasteiger partial charge on any atom is 0.296 e. The molecule has 0 fully saturated rings. The lowest BCUT2D eigenvalue weighted by molar-refractivity contribution is 0.482. The number of fused-ring (bicyclic) bond motifs is 1. The summed E-state index contributed by atoms with van der Waals surface area (Å²) in [6, 6.07) is 4.95. The summed E-state index contributed by atoms with van der Waals surface area (Å²) in [4.78, 5) is -0.0214. The molecule has 1 heterocycles. The Balaban J connectivity index is 2.56. The number of nitrogens with one attached hydrogen (secondary N) is 1. The average molecular weight is 227 g/mol. The molecule has 1 atom stereocenters. The lowest BCUT2D eigenvalue weighted by Gasteiger charge is -2.24. The molecule has 1 unspecified atom stereocenters. The fourth-order valence-corrected chi connectivity index (χ4v) is 2.60. The van der Waals surface area contributed by atoms with Crippen molar-refractivity contribution < 1.29 is 13.0 Å². The summed E-state index contributed by atoms with van der Waals surface area (Å²) in [5.41, 5.74) is 1.50. The molecule has 0 radical (unpaired) electrons. The summed E-state index contributed by atoms with van der Waals surface area (Å²) in [5.74, 6) is 0.481. The van der Waals surface area contributed by atoms with Gasteiger partial charge < -0.3 is 5.32 Å². The summed E-state index contributed by atoms with van der Waals surface area (Å²) < 4.78 is 31.2. The number of rotatable bonds is 1. The van der Waals surface area contributed by atoms with E-state index in [2.05, 4.69) is 12.2 Å². The molecule has 1 aromatic rings. The Morgan fingerprint density at radius 1 is 1.47 bits per heavy atom. The highest BCUT2D eigenvalue weighted by molar-refractivity contribution is 7.86. The third-order valence-corrected chi connectivity index (χ3v) is 3.48. The fraction of sp³-hybridized carbons (Fsp3) is 0.400. The second kappa shape index (κ2) is 3.50. The summed E-state index contributed by atoms with van der Waals surface area (Å²) in [6.07, 6.45) is 0.839. The van der Waals surface area contributed by atoms with Crippen LogP contribution in [0.25, 0.3) is 0 Å². The van der Waals surface area contributed by atoms with E-state index in [-0.39, 0.29) is 4.90 Å². The first-order valence-corrected chi connectivity index (χ1v) is 6.26. The van der Waals surface area contributed by atoms with Gasteiger partial charge in [0.05, 0.1) is 5.69 Å². The van der Waals surface area contributed by atoms with Crippen LogP contribution in [0.2, 0.25) is 0 Å². The predicted molar refractivity (Wildman–Crippen MR) is 57.6 cm³/mol. The number of hydrogen-bond donors (Lipinski definition) is 2. The molecule has 1 aromatic carbocycles. The van der Waals surface area contributed by atoms with Crippen molar-refractivity contribution in [2.45, 2.75) is 18.2 Å². The molecule has 5 heteroatoms. The van der Waals surface area contributed by atoms with Gasteiger partial charge in [-0.3, -0.25) is 4.55 Å². The molecular formula is C10H13NO3S. The van der Waals surface area contributed by atoms with E-state index in [9.17, 15) is 8.42 Å². The zero-order chi connectivity index (χ0) is 11.1. The quantitative estimate of drug-likeness (QED) is 0.714. The standard InChI is InChI=1S/C10H13NO3S/c1-7-5-8-3-2-4-9(15(12,13)14)10(8)11-6-7/h2-4,7,11H,5-6H2,1H3,(H,12,13,14). The number of benzene rings is 1. The summed E-state index contributed by atoms with van der Waals surface area (Å²) in [5, 5.41) is 3.05. The summed E-state index contributed by atoms with van der Waals surface area (Å²) >= 11 is 0. The predicted octanol–water partition coefficient (Wildman–Crippen LogP) is 1.54. The van der Waals surface area contributed by atoms with E-state index in [1.807, 2.05) is 6.07 Å². The van der Waals surface area contributed by atoms with Crippen molar-refractivity contribution >= 4 is 15.8 Å². The van der Waals surface area contributed by atoms with Gasteiger partial charge in [0.25, 0.3) is 10.1 Å². The first kappa shape index (κ1) is 10.4. The molecule has 2 rings (SSSR count). The molecule has 4 nitrogen and oxygen atoms in total. The van der Waals surface area contributed by atoms with Gasteiger partial charge in [-0.05, 0) is 24.0 Å². The number of hydrogen-bond acceptors (Lipinski definition) is 3. The van der Waals surface area contributed by atoms with Crippen LogP contribution in [-0.4, -0.2) is 19.5 Å². The Kier molecular flexibility index (Phi) is 2.44. The minimum Gasteiger partial charge on any atom is -0.383 e. The molecule has 0 saturated carbocycles. The molecule has 0 amide bonds. The van der Waals surface area contributed by atoms with Crippen LogP contribution in [0.5, 0.6) is 0 Å². The van der Waals surface area contributed by atoms with Gasteiger partial charge >= 0.3 is 0 Å². The molecule has 1 aliphatic heterocycles. The van der Waals surface area contributed by atoms with Crippen molar-refractivity contribution in [1.29, 1.82) is 0 Å². The van der Waals surface area contributed by atoms with Crippen molar-refractivity contribution in [3.05, 3.63) is 23.8 Å². The second-order valence-electron chi connectivity index (χ2n) is 3.96. The highest BCUT2D eigenvalue weighted by Gasteiger charge is 2.22. The maximum atomic E-state index is 11.1. The van der Waals surface area contributed by atoms with E-state index in [4.69, 9.17) is 4.55 Å². The zero-order valence-electron chi connectivity index (χ0n) is 8.40. The largest absolute Gasteiger partial charge is 0.383 e. The molecule has 15 heavy (non-hydrogen) atoms. The van der Waals surface area contributed by atoms with Crippen LogP contribution < -0.4 is 5.32 Å². The van der Waals surface area contributed by atoms with Gasteiger partial charge in [-0.25, -0.2) is 0 Å². The van der Waals surface area contributed by atoms with Crippen LogP contribution >= 0.6 is 0 Å². The maximum absolute atomic E-state index is 11.1. The molecule has 0 spiro atoms. The molecule has 1 aliphatic rings. The molecule has 2 N–H and O–H groups in total. The Hall–Kier alpha value is -1.07. The van der Waals surface area contributed by atoms with Gasteiger partial charge in [-0.15, -0.1) is 0 Å². The average Bonchev–Trinajstić information content (AvgIpc) is 2.15. The van der Waals surface area contributed by atoms with Crippen LogP contribution in [0.4, 0.5) is 5.69 Å². The van der Waals surface area contributed by atoms with Crippen LogP contribution in [0, 0.1) is 5.92 Å². The van der Waals surface area contributed by atoms with Crippen molar-refractivity contribution in [2.75, 3.05) is 11.9 Å². The van der Waals surface area contributed by atoms with Crippen LogP contribution in [0.15, 0.2) is 23.1 Å². The highest BCUT2D eigenvalue weighted by atomic mass is 32.2. The Labute approximate surface area is 89.1 Å². The van der Waals surface area contributed by atoms with Gasteiger partial charge in [-0.1, -0.05) is 19.1 Å². The van der Waals surface area contributed by atoms with E-state index in [1.165, 1.54) is 6.07 Å². The molecule has 0 aromatic heterocycles. The Morgan fingerprint density at radius 3 is 2.87 bits per heavy atom. The Morgan fingerprint density at radius 2 is 2.20 bits per heavy atom. The molecular weight excluding hydrogens is 214 g/mol. The normalized spacial score (nSPS) is 20.5. The third kappa shape index (κ3) is 1.98. The molecule has 0 bridgehead atoms. The minimum absolute atomic E-state index is 0.0214. The van der Waals surface area contributed by atoms with E-state index in [1.54, 1.807) is 6.07 Å². The SMILES string of the molecule is CC1CNc2c(cccc2S(=O)(=O)O)C1. The first-order valence-electron chi connectivity index (χ1n) is 4.82. The fourth-order valence-electron chi connectivity index (χ4n) is 1.89. The third-order valence-electron chi connectivity index (χ3n) is 2.59. The topological polar surface area (TPSA) is 66.4 Å². The van der Waals surface area contributed by atoms with Crippen LogP contribution in [0.1, 0.15) is 12.5 Å². The Bertz CT molecular complexity index is 481. The number of para-hydroxylation sites is 1. The summed E-state index contributed by atoms with van der Waals surface area (Å²) in [7, 11) is -4.12.